The number of hydrogen-bond donors (Lipinski definition) is 0. The molecule has 0 N–H and O–H groups in total. The Kier molecular flexibility index (Phi) is 5.40. The Hall–Kier alpha value is -1.75. The highest BCUT2D eigenvalue weighted by Gasteiger charge is 2.13. The minimum Gasteiger partial charge on any atom is -0.353 e. The number of rotatable bonds is 6. The fourth-order valence-electron chi connectivity index (χ4n) is 3.25. The SMILES string of the molecule is c1cc2ccsc2c(Cc2ccc(CCOC3CCCCO3)cc2)n1. The van der Waals surface area contributed by atoms with Crippen molar-refractivity contribution in [1.82, 2.24) is 4.98 Å². The zero-order valence-corrected chi connectivity index (χ0v) is 15.1. The quantitative estimate of drug-likeness (QED) is 0.627. The van der Waals surface area contributed by atoms with E-state index in [1.165, 1.54) is 27.6 Å². The fraction of sp³-hybridized carbons (Fsp3) is 0.381. The summed E-state index contributed by atoms with van der Waals surface area (Å²) in [6, 6.07) is 13.1. The number of pyridine rings is 1. The molecular weight excluding hydrogens is 330 g/mol. The third kappa shape index (κ3) is 4.27. The number of benzene rings is 1. The summed E-state index contributed by atoms with van der Waals surface area (Å²) in [5, 5.41) is 3.42. The summed E-state index contributed by atoms with van der Waals surface area (Å²) in [5.41, 5.74) is 3.77. The van der Waals surface area contributed by atoms with Crippen molar-refractivity contribution >= 4 is 21.4 Å². The van der Waals surface area contributed by atoms with Crippen molar-refractivity contribution < 1.29 is 9.47 Å². The molecule has 0 amide bonds. The van der Waals surface area contributed by atoms with Gasteiger partial charge in [0.1, 0.15) is 0 Å². The van der Waals surface area contributed by atoms with Gasteiger partial charge in [0.2, 0.25) is 0 Å². The number of ether oxygens (including phenoxy) is 2. The monoisotopic (exact) mass is 353 g/mol. The molecule has 1 fully saturated rings. The largest absolute Gasteiger partial charge is 0.353 e. The van der Waals surface area contributed by atoms with Crippen LogP contribution in [-0.4, -0.2) is 24.5 Å². The van der Waals surface area contributed by atoms with Crippen LogP contribution in [-0.2, 0) is 22.3 Å². The van der Waals surface area contributed by atoms with Gasteiger partial charge in [0.05, 0.1) is 17.0 Å². The van der Waals surface area contributed by atoms with Crippen molar-refractivity contribution in [1.29, 1.82) is 0 Å². The van der Waals surface area contributed by atoms with Crippen molar-refractivity contribution in [2.75, 3.05) is 13.2 Å². The summed E-state index contributed by atoms with van der Waals surface area (Å²) in [6.07, 6.45) is 7.12. The molecule has 0 radical (unpaired) electrons. The number of hydrogen-bond acceptors (Lipinski definition) is 4. The summed E-state index contributed by atoms with van der Waals surface area (Å²) in [5.74, 6) is 0. The number of fused-ring (bicyclic) bond motifs is 1. The van der Waals surface area contributed by atoms with E-state index in [0.29, 0.717) is 0 Å². The van der Waals surface area contributed by atoms with E-state index in [2.05, 4.69) is 46.8 Å². The maximum atomic E-state index is 5.82. The minimum absolute atomic E-state index is 0.00498. The molecule has 2 aromatic heterocycles. The molecule has 3 heterocycles. The van der Waals surface area contributed by atoms with Crippen molar-refractivity contribution in [2.24, 2.45) is 0 Å². The first-order valence-corrected chi connectivity index (χ1v) is 9.88. The normalized spacial score (nSPS) is 17.8. The molecule has 25 heavy (non-hydrogen) atoms. The first-order valence-electron chi connectivity index (χ1n) is 9.00. The summed E-state index contributed by atoms with van der Waals surface area (Å²) >= 11 is 1.77. The second kappa shape index (κ2) is 8.09. The van der Waals surface area contributed by atoms with E-state index in [1.807, 2.05) is 6.20 Å². The molecule has 1 aromatic carbocycles. The van der Waals surface area contributed by atoms with E-state index in [0.717, 1.165) is 44.6 Å². The van der Waals surface area contributed by atoms with Crippen molar-refractivity contribution in [3.63, 3.8) is 0 Å². The van der Waals surface area contributed by atoms with Gasteiger partial charge in [-0.3, -0.25) is 4.98 Å². The third-order valence-electron chi connectivity index (χ3n) is 4.67. The van der Waals surface area contributed by atoms with Crippen LogP contribution >= 0.6 is 11.3 Å². The predicted octanol–water partition coefficient (Wildman–Crippen LogP) is 4.97. The van der Waals surface area contributed by atoms with Gasteiger partial charge in [0.15, 0.2) is 6.29 Å². The summed E-state index contributed by atoms with van der Waals surface area (Å²) < 4.78 is 12.7. The molecule has 1 aliphatic rings. The van der Waals surface area contributed by atoms with Crippen LogP contribution in [0.3, 0.4) is 0 Å². The van der Waals surface area contributed by atoms with Gasteiger partial charge < -0.3 is 9.47 Å². The van der Waals surface area contributed by atoms with E-state index < -0.39 is 0 Å². The molecular formula is C21H23NO2S. The first-order chi connectivity index (χ1) is 12.4. The second-order valence-corrected chi connectivity index (χ2v) is 7.42. The average molecular weight is 353 g/mol. The van der Waals surface area contributed by atoms with Gasteiger partial charge in [0.25, 0.3) is 0 Å². The van der Waals surface area contributed by atoms with Crippen molar-refractivity contribution in [3.05, 3.63) is 64.8 Å². The van der Waals surface area contributed by atoms with E-state index in [9.17, 15) is 0 Å². The number of aromatic nitrogens is 1. The smallest absolute Gasteiger partial charge is 0.157 e. The molecule has 1 unspecified atom stereocenters. The van der Waals surface area contributed by atoms with Crippen molar-refractivity contribution in [2.45, 2.75) is 38.4 Å². The zero-order valence-electron chi connectivity index (χ0n) is 14.3. The van der Waals surface area contributed by atoms with Crippen LogP contribution in [0.25, 0.3) is 10.1 Å². The summed E-state index contributed by atoms with van der Waals surface area (Å²) in [4.78, 5) is 4.57. The Balaban J connectivity index is 1.33. The molecule has 4 heteroatoms. The molecule has 1 saturated heterocycles. The first kappa shape index (κ1) is 16.7. The molecule has 0 aliphatic carbocycles. The standard InChI is InChI=1S/C21H23NO2S/c1-2-12-23-20(3-1)24-13-9-16-4-6-17(7-5-16)15-19-21-18(8-11-22-19)10-14-25-21/h4-8,10-11,14,20H,1-3,9,12-13,15H2. The Bertz CT molecular complexity index is 806. The van der Waals surface area contributed by atoms with Crippen molar-refractivity contribution in [3.8, 4) is 0 Å². The Labute approximate surface area is 152 Å². The number of nitrogens with zero attached hydrogens (tertiary/aromatic N) is 1. The Morgan fingerprint density at radius 3 is 2.80 bits per heavy atom. The summed E-state index contributed by atoms with van der Waals surface area (Å²) in [6.45, 7) is 1.56. The van der Waals surface area contributed by atoms with E-state index in [4.69, 9.17) is 9.47 Å². The molecule has 0 bridgehead atoms. The highest BCUT2D eigenvalue weighted by molar-refractivity contribution is 7.17. The lowest BCUT2D eigenvalue weighted by Gasteiger charge is -2.22. The fourth-order valence-corrected chi connectivity index (χ4v) is 4.13. The molecule has 4 rings (SSSR count). The topological polar surface area (TPSA) is 31.4 Å². The third-order valence-corrected chi connectivity index (χ3v) is 5.65. The highest BCUT2D eigenvalue weighted by Crippen LogP contribution is 2.25. The van der Waals surface area contributed by atoms with Crippen LogP contribution in [0.5, 0.6) is 0 Å². The van der Waals surface area contributed by atoms with E-state index in [-0.39, 0.29) is 6.29 Å². The highest BCUT2D eigenvalue weighted by atomic mass is 32.1. The van der Waals surface area contributed by atoms with Crippen LogP contribution < -0.4 is 0 Å². The van der Waals surface area contributed by atoms with Crippen LogP contribution in [0.1, 0.15) is 36.1 Å². The van der Waals surface area contributed by atoms with Gasteiger partial charge >= 0.3 is 0 Å². The molecule has 3 aromatic rings. The molecule has 3 nitrogen and oxygen atoms in total. The van der Waals surface area contributed by atoms with E-state index in [1.54, 1.807) is 11.3 Å². The molecule has 0 spiro atoms. The lowest BCUT2D eigenvalue weighted by molar-refractivity contribution is -0.161. The average Bonchev–Trinajstić information content (AvgIpc) is 3.14. The second-order valence-electron chi connectivity index (χ2n) is 6.51. The molecule has 1 aliphatic heterocycles. The van der Waals surface area contributed by atoms with Gasteiger partial charge in [-0.2, -0.15) is 0 Å². The molecule has 0 saturated carbocycles. The Morgan fingerprint density at radius 2 is 1.96 bits per heavy atom. The summed E-state index contributed by atoms with van der Waals surface area (Å²) in [7, 11) is 0. The van der Waals surface area contributed by atoms with E-state index >= 15 is 0 Å². The maximum Gasteiger partial charge on any atom is 0.157 e. The minimum atomic E-state index is 0.00498. The van der Waals surface area contributed by atoms with Gasteiger partial charge in [-0.05, 0) is 59.7 Å². The van der Waals surface area contributed by atoms with Crippen LogP contribution in [0.15, 0.2) is 48.0 Å². The van der Waals surface area contributed by atoms with Gasteiger partial charge in [0, 0.05) is 19.2 Å². The van der Waals surface area contributed by atoms with Gasteiger partial charge in [-0.1, -0.05) is 24.3 Å². The molecule has 1 atom stereocenters. The maximum absolute atomic E-state index is 5.82. The zero-order chi connectivity index (χ0) is 16.9. The van der Waals surface area contributed by atoms with Crippen LogP contribution in [0.4, 0.5) is 0 Å². The predicted molar refractivity (Wildman–Crippen MR) is 102 cm³/mol. The van der Waals surface area contributed by atoms with Gasteiger partial charge in [-0.25, -0.2) is 0 Å². The van der Waals surface area contributed by atoms with Crippen LogP contribution in [0.2, 0.25) is 0 Å². The van der Waals surface area contributed by atoms with Gasteiger partial charge in [-0.15, -0.1) is 11.3 Å². The number of thiophene rings is 1. The molecule has 130 valence electrons. The lowest BCUT2D eigenvalue weighted by Crippen LogP contribution is -2.23. The lowest BCUT2D eigenvalue weighted by atomic mass is 10.1. The van der Waals surface area contributed by atoms with Crippen LogP contribution in [0, 0.1) is 0 Å². The Morgan fingerprint density at radius 1 is 1.08 bits per heavy atom.